The van der Waals surface area contributed by atoms with Crippen molar-refractivity contribution >= 4 is 36.7 Å². The predicted octanol–water partition coefficient (Wildman–Crippen LogP) is 0.761. The molecule has 5 unspecified atom stereocenters. The van der Waals surface area contributed by atoms with Gasteiger partial charge < -0.3 is 14.9 Å². The minimum Gasteiger partial charge on any atom is -0.395 e. The molecular formula is C17H25ClN2O9PS+. The molecule has 5 atom stereocenters. The van der Waals surface area contributed by atoms with Crippen molar-refractivity contribution in [3.8, 4) is 0 Å². The Hall–Kier alpha value is -1.11. The van der Waals surface area contributed by atoms with E-state index in [0.717, 1.165) is 22.4 Å². The van der Waals surface area contributed by atoms with Gasteiger partial charge in [-0.2, -0.15) is 0 Å². The lowest BCUT2D eigenvalue weighted by atomic mass is 9.97. The molecule has 1 aliphatic rings. The zero-order chi connectivity index (χ0) is 23.4. The number of thioether (sulfide) groups is 1. The number of rotatable bonds is 10. The predicted molar refractivity (Wildman–Crippen MR) is 113 cm³/mol. The van der Waals surface area contributed by atoms with Gasteiger partial charge in [0.05, 0.1) is 12.0 Å². The molecular weight excluding hydrogens is 475 g/mol. The van der Waals surface area contributed by atoms with Crippen LogP contribution in [0.25, 0.3) is 0 Å². The van der Waals surface area contributed by atoms with Gasteiger partial charge in [0.25, 0.3) is 5.56 Å². The first-order valence-electron chi connectivity index (χ1n) is 9.25. The van der Waals surface area contributed by atoms with Crippen LogP contribution < -0.4 is 11.2 Å². The highest BCUT2D eigenvalue weighted by molar-refractivity contribution is 8.13. The molecule has 1 aliphatic heterocycles. The zero-order valence-corrected chi connectivity index (χ0v) is 19.6. The van der Waals surface area contributed by atoms with E-state index in [1.54, 1.807) is 13.8 Å². The summed E-state index contributed by atoms with van der Waals surface area (Å²) in [5.74, 6) is 0.214. The average Bonchev–Trinajstić information content (AvgIpc) is 2.92. The lowest BCUT2D eigenvalue weighted by Crippen LogP contribution is -2.42. The Bertz CT molecular complexity index is 919. The number of hydrogen-bond acceptors (Lipinski definition) is 10. The number of ether oxygens (including phenoxy) is 1. The van der Waals surface area contributed by atoms with Crippen molar-refractivity contribution in [2.45, 2.75) is 44.1 Å². The SMILES string of the molecule is CC(C)(CO)C(=O)SCCO[P+](=O)OCC1OC(n2ccc(=O)[nH]c2=O)C(C)(Cl)C1O. The second kappa shape index (κ2) is 10.7. The van der Waals surface area contributed by atoms with Gasteiger partial charge in [0.1, 0.15) is 30.3 Å². The maximum atomic E-state index is 12.0. The molecule has 0 spiro atoms. The smallest absolute Gasteiger partial charge is 0.395 e. The van der Waals surface area contributed by atoms with E-state index in [-0.39, 0.29) is 30.7 Å². The number of nitrogens with zero attached hydrogens (tertiary/aromatic N) is 1. The molecule has 1 saturated heterocycles. The van der Waals surface area contributed by atoms with Crippen LogP contribution in [0.2, 0.25) is 0 Å². The van der Waals surface area contributed by atoms with Crippen LogP contribution in [0.5, 0.6) is 0 Å². The number of carbonyl (C=O) groups is 1. The van der Waals surface area contributed by atoms with Gasteiger partial charge in [-0.25, -0.2) is 4.79 Å². The molecule has 0 saturated carbocycles. The molecule has 1 fully saturated rings. The van der Waals surface area contributed by atoms with Gasteiger partial charge in [-0.3, -0.25) is 19.1 Å². The fourth-order valence-electron chi connectivity index (χ4n) is 2.64. The van der Waals surface area contributed by atoms with Gasteiger partial charge in [-0.05, 0) is 20.8 Å². The molecule has 3 N–H and O–H groups in total. The van der Waals surface area contributed by atoms with E-state index < -0.39 is 48.2 Å². The minimum absolute atomic E-state index is 0.0379. The second-order valence-electron chi connectivity index (χ2n) is 7.67. The van der Waals surface area contributed by atoms with Crippen LogP contribution in [0.15, 0.2) is 21.9 Å². The number of hydrogen-bond donors (Lipinski definition) is 3. The van der Waals surface area contributed by atoms with Crippen molar-refractivity contribution in [2.24, 2.45) is 5.41 Å². The van der Waals surface area contributed by atoms with E-state index in [9.17, 15) is 24.1 Å². The number of aromatic amines is 1. The van der Waals surface area contributed by atoms with Crippen molar-refractivity contribution in [3.05, 3.63) is 33.1 Å². The highest BCUT2D eigenvalue weighted by Crippen LogP contribution is 2.43. The highest BCUT2D eigenvalue weighted by Gasteiger charge is 2.54. The Morgan fingerprint density at radius 1 is 1.45 bits per heavy atom. The summed E-state index contributed by atoms with van der Waals surface area (Å²) in [7, 11) is -2.56. The Balaban J connectivity index is 1.85. The van der Waals surface area contributed by atoms with E-state index in [0.29, 0.717) is 0 Å². The van der Waals surface area contributed by atoms with Crippen LogP contribution >= 0.6 is 31.6 Å². The van der Waals surface area contributed by atoms with Crippen molar-refractivity contribution in [3.63, 3.8) is 0 Å². The number of aliphatic hydroxyl groups excluding tert-OH is 2. The third-order valence-electron chi connectivity index (χ3n) is 4.63. The zero-order valence-electron chi connectivity index (χ0n) is 17.1. The summed E-state index contributed by atoms with van der Waals surface area (Å²) < 4.78 is 28.7. The monoisotopic (exact) mass is 499 g/mol. The first-order valence-corrected chi connectivity index (χ1v) is 11.7. The lowest BCUT2D eigenvalue weighted by molar-refractivity contribution is -0.119. The number of aromatic nitrogens is 2. The van der Waals surface area contributed by atoms with E-state index in [2.05, 4.69) is 4.98 Å². The van der Waals surface area contributed by atoms with E-state index in [1.807, 2.05) is 0 Å². The summed E-state index contributed by atoms with van der Waals surface area (Å²) in [6.45, 7) is 4.02. The van der Waals surface area contributed by atoms with Crippen molar-refractivity contribution in [1.29, 1.82) is 0 Å². The number of halogens is 1. The molecule has 174 valence electrons. The van der Waals surface area contributed by atoms with E-state index in [1.165, 1.54) is 13.1 Å². The van der Waals surface area contributed by atoms with Crippen LogP contribution in [0.1, 0.15) is 27.0 Å². The molecule has 0 amide bonds. The van der Waals surface area contributed by atoms with Gasteiger partial charge in [0.15, 0.2) is 11.3 Å². The topological polar surface area (TPSA) is 157 Å². The first kappa shape index (κ1) is 26.1. The Kier molecular flexibility index (Phi) is 9.00. The second-order valence-corrected chi connectivity index (χ2v) is 10.5. The summed E-state index contributed by atoms with van der Waals surface area (Å²) in [6.07, 6.45) is -2.22. The number of nitrogens with one attached hydrogen (secondary N) is 1. The van der Waals surface area contributed by atoms with Gasteiger partial charge in [-0.1, -0.05) is 11.8 Å². The van der Waals surface area contributed by atoms with Crippen LogP contribution in [0, 0.1) is 5.41 Å². The largest absolute Gasteiger partial charge is 0.697 e. The molecule has 31 heavy (non-hydrogen) atoms. The molecule has 0 aromatic carbocycles. The highest BCUT2D eigenvalue weighted by atomic mass is 35.5. The molecule has 0 aliphatic carbocycles. The Morgan fingerprint density at radius 3 is 2.74 bits per heavy atom. The molecule has 1 aromatic rings. The van der Waals surface area contributed by atoms with E-state index >= 15 is 0 Å². The van der Waals surface area contributed by atoms with Crippen LogP contribution in [0.4, 0.5) is 0 Å². The van der Waals surface area contributed by atoms with Crippen molar-refractivity contribution < 1.29 is 33.4 Å². The molecule has 0 bridgehead atoms. The summed E-state index contributed by atoms with van der Waals surface area (Å²) in [5.41, 5.74) is -2.23. The number of aliphatic hydroxyl groups is 2. The summed E-state index contributed by atoms with van der Waals surface area (Å²) in [4.78, 5) is 35.8. The standard InChI is InChI=1S/C17H24ClN2O9PS/c1-16(2,9-21)14(24)31-7-6-27-30(26)28-8-10-12(23)17(3,18)13(29-10)20-5-4-11(22)19-15(20)25/h4-5,10,12-13,21,23H,6-9H2,1-3H3/p+1. The van der Waals surface area contributed by atoms with Gasteiger partial charge in [-0.15, -0.1) is 20.6 Å². The fourth-order valence-corrected chi connectivity index (χ4v) is 4.45. The Labute approximate surface area is 188 Å². The Morgan fingerprint density at radius 2 is 2.13 bits per heavy atom. The third kappa shape index (κ3) is 6.45. The van der Waals surface area contributed by atoms with E-state index in [4.69, 9.17) is 30.5 Å². The maximum absolute atomic E-state index is 12.0. The van der Waals surface area contributed by atoms with Crippen LogP contribution in [-0.2, 0) is 23.1 Å². The van der Waals surface area contributed by atoms with Gasteiger partial charge >= 0.3 is 13.9 Å². The fraction of sp³-hybridized carbons (Fsp3) is 0.706. The summed E-state index contributed by atoms with van der Waals surface area (Å²) in [5, 5.41) is 19.4. The average molecular weight is 500 g/mol. The summed E-state index contributed by atoms with van der Waals surface area (Å²) in [6, 6.07) is 1.11. The maximum Gasteiger partial charge on any atom is 0.697 e. The molecule has 11 nitrogen and oxygen atoms in total. The molecule has 14 heteroatoms. The third-order valence-corrected chi connectivity index (χ3v) is 6.98. The lowest BCUT2D eigenvalue weighted by Gasteiger charge is -2.26. The number of alkyl halides is 1. The molecule has 2 rings (SSSR count). The van der Waals surface area contributed by atoms with Crippen molar-refractivity contribution in [2.75, 3.05) is 25.6 Å². The first-order chi connectivity index (χ1) is 14.4. The van der Waals surface area contributed by atoms with Gasteiger partial charge in [0.2, 0.25) is 0 Å². The van der Waals surface area contributed by atoms with Gasteiger partial charge in [0, 0.05) is 22.6 Å². The number of H-pyrrole nitrogens is 1. The molecule has 2 heterocycles. The van der Waals surface area contributed by atoms with Crippen LogP contribution in [-0.4, -0.2) is 67.5 Å². The summed E-state index contributed by atoms with van der Waals surface area (Å²) >= 11 is 7.33. The van der Waals surface area contributed by atoms with Crippen LogP contribution in [0.3, 0.4) is 0 Å². The van der Waals surface area contributed by atoms with Crippen molar-refractivity contribution in [1.82, 2.24) is 9.55 Å². The molecule has 1 aromatic heterocycles. The normalized spacial score (nSPS) is 26.8. The number of carbonyl (C=O) groups excluding carboxylic acids is 1. The quantitative estimate of drug-likeness (QED) is 0.238. The minimum atomic E-state index is -2.56. The molecule has 0 radical (unpaired) electrons.